The lowest BCUT2D eigenvalue weighted by Gasteiger charge is -2.34. The molecule has 20 heavy (non-hydrogen) atoms. The average molecular weight is 273 g/mol. The molecule has 2 amide bonds. The summed E-state index contributed by atoms with van der Waals surface area (Å²) < 4.78 is 15.3. The number of anilines is 1. The zero-order valence-electron chi connectivity index (χ0n) is 11.2. The van der Waals surface area contributed by atoms with E-state index in [1.54, 1.807) is 17.0 Å². The number of carbonyl (C=O) groups is 1. The van der Waals surface area contributed by atoms with Crippen LogP contribution in [0.1, 0.15) is 18.7 Å². The van der Waals surface area contributed by atoms with E-state index in [2.05, 4.69) is 9.88 Å². The predicted molar refractivity (Wildman–Crippen MR) is 75.0 cm³/mol. The zero-order chi connectivity index (χ0) is 14.1. The number of rotatable bonds is 1. The highest BCUT2D eigenvalue weighted by molar-refractivity contribution is 5.89. The van der Waals surface area contributed by atoms with Crippen LogP contribution >= 0.6 is 0 Å². The molecule has 0 fully saturated rings. The maximum atomic E-state index is 13.1. The summed E-state index contributed by atoms with van der Waals surface area (Å²) in [6, 6.07) is 9.74. The Morgan fingerprint density at radius 1 is 1.30 bits per heavy atom. The van der Waals surface area contributed by atoms with Crippen molar-refractivity contribution in [3.63, 3.8) is 0 Å². The second-order valence-corrected chi connectivity index (χ2v) is 4.94. The van der Waals surface area contributed by atoms with Crippen LogP contribution in [0.25, 0.3) is 0 Å². The molecule has 1 aliphatic heterocycles. The highest BCUT2D eigenvalue weighted by Gasteiger charge is 2.27. The van der Waals surface area contributed by atoms with Crippen LogP contribution in [0.3, 0.4) is 0 Å². The number of hydrogen-bond acceptors (Lipinski definition) is 1. The minimum atomic E-state index is -0.358. The van der Waals surface area contributed by atoms with Crippen LogP contribution in [-0.4, -0.2) is 22.0 Å². The van der Waals surface area contributed by atoms with E-state index in [-0.39, 0.29) is 17.9 Å². The fraction of sp³-hybridized carbons (Fsp3) is 0.267. The standard InChI is InChI=1S/C15H16FN3O/c1-11-14-6-3-7-18(14)8-9-19(11)15(20)17-13-5-2-4-12(16)10-13/h2-7,10-11H,8-9H2,1H3,(H,17,20)/t11-/m1/s1. The third-order valence-corrected chi connectivity index (χ3v) is 3.68. The lowest BCUT2D eigenvalue weighted by molar-refractivity contribution is 0.175. The molecule has 3 rings (SSSR count). The van der Waals surface area contributed by atoms with Gasteiger partial charge in [-0.15, -0.1) is 0 Å². The summed E-state index contributed by atoms with van der Waals surface area (Å²) in [6.45, 7) is 3.42. The largest absolute Gasteiger partial charge is 0.348 e. The number of benzene rings is 1. The first-order chi connectivity index (χ1) is 9.65. The Morgan fingerprint density at radius 2 is 2.15 bits per heavy atom. The van der Waals surface area contributed by atoms with Gasteiger partial charge in [-0.25, -0.2) is 9.18 Å². The van der Waals surface area contributed by atoms with Crippen LogP contribution in [0.5, 0.6) is 0 Å². The number of amides is 2. The van der Waals surface area contributed by atoms with Crippen molar-refractivity contribution in [3.05, 3.63) is 54.1 Å². The van der Waals surface area contributed by atoms with Crippen LogP contribution in [0.15, 0.2) is 42.6 Å². The summed E-state index contributed by atoms with van der Waals surface area (Å²) >= 11 is 0. The summed E-state index contributed by atoms with van der Waals surface area (Å²) in [4.78, 5) is 14.1. The average Bonchev–Trinajstić information content (AvgIpc) is 2.88. The number of nitrogens with one attached hydrogen (secondary N) is 1. The number of hydrogen-bond donors (Lipinski definition) is 1. The van der Waals surface area contributed by atoms with Crippen molar-refractivity contribution in [2.24, 2.45) is 0 Å². The lowest BCUT2D eigenvalue weighted by atomic mass is 10.1. The van der Waals surface area contributed by atoms with Gasteiger partial charge in [0.15, 0.2) is 0 Å². The van der Waals surface area contributed by atoms with E-state index in [0.717, 1.165) is 12.2 Å². The van der Waals surface area contributed by atoms with Crippen molar-refractivity contribution >= 4 is 11.7 Å². The molecule has 1 atom stereocenters. The van der Waals surface area contributed by atoms with Crippen molar-refractivity contribution in [2.45, 2.75) is 19.5 Å². The van der Waals surface area contributed by atoms with E-state index in [1.165, 1.54) is 12.1 Å². The number of halogens is 1. The number of fused-ring (bicyclic) bond motifs is 1. The van der Waals surface area contributed by atoms with Crippen molar-refractivity contribution in [3.8, 4) is 0 Å². The molecular formula is C15H16FN3O. The minimum absolute atomic E-state index is 0.00677. The molecule has 2 aromatic rings. The van der Waals surface area contributed by atoms with Crippen molar-refractivity contribution in [1.29, 1.82) is 0 Å². The van der Waals surface area contributed by atoms with E-state index in [9.17, 15) is 9.18 Å². The first kappa shape index (κ1) is 12.7. The smallest absolute Gasteiger partial charge is 0.322 e. The highest BCUT2D eigenvalue weighted by atomic mass is 19.1. The van der Waals surface area contributed by atoms with Gasteiger partial charge in [0, 0.05) is 30.7 Å². The number of urea groups is 1. The Bertz CT molecular complexity index is 638. The Morgan fingerprint density at radius 3 is 2.95 bits per heavy atom. The molecule has 104 valence electrons. The lowest BCUT2D eigenvalue weighted by Crippen LogP contribution is -2.43. The van der Waals surface area contributed by atoms with Crippen LogP contribution in [-0.2, 0) is 6.54 Å². The SMILES string of the molecule is C[C@@H]1c2cccn2CCN1C(=O)Nc1cccc(F)c1. The number of nitrogens with zero attached hydrogens (tertiary/aromatic N) is 2. The monoisotopic (exact) mass is 273 g/mol. The first-order valence-corrected chi connectivity index (χ1v) is 6.63. The second-order valence-electron chi connectivity index (χ2n) is 4.94. The van der Waals surface area contributed by atoms with Gasteiger partial charge in [0.1, 0.15) is 5.82 Å². The van der Waals surface area contributed by atoms with Crippen molar-refractivity contribution in [2.75, 3.05) is 11.9 Å². The molecule has 0 saturated carbocycles. The Balaban J connectivity index is 1.75. The van der Waals surface area contributed by atoms with E-state index >= 15 is 0 Å². The molecule has 1 aliphatic rings. The topological polar surface area (TPSA) is 37.3 Å². The van der Waals surface area contributed by atoms with E-state index in [4.69, 9.17) is 0 Å². The summed E-state index contributed by atoms with van der Waals surface area (Å²) in [5.41, 5.74) is 1.59. The second kappa shape index (κ2) is 5.00. The third kappa shape index (κ3) is 2.27. The van der Waals surface area contributed by atoms with Crippen LogP contribution in [0.4, 0.5) is 14.9 Å². The van der Waals surface area contributed by atoms with Gasteiger partial charge < -0.3 is 14.8 Å². The van der Waals surface area contributed by atoms with Gasteiger partial charge >= 0.3 is 6.03 Å². The predicted octanol–water partition coefficient (Wildman–Crippen LogP) is 3.24. The minimum Gasteiger partial charge on any atom is -0.348 e. The van der Waals surface area contributed by atoms with Crippen LogP contribution in [0.2, 0.25) is 0 Å². The molecule has 0 aliphatic carbocycles. The number of carbonyl (C=O) groups excluding carboxylic acids is 1. The fourth-order valence-corrected chi connectivity index (χ4v) is 2.62. The molecule has 1 aromatic carbocycles. The molecule has 1 aromatic heterocycles. The van der Waals surface area contributed by atoms with E-state index < -0.39 is 0 Å². The van der Waals surface area contributed by atoms with E-state index in [0.29, 0.717) is 12.2 Å². The van der Waals surface area contributed by atoms with Gasteiger partial charge in [-0.2, -0.15) is 0 Å². The van der Waals surface area contributed by atoms with Crippen LogP contribution < -0.4 is 5.32 Å². The molecule has 0 spiro atoms. The molecule has 0 bridgehead atoms. The molecule has 1 N–H and O–H groups in total. The molecular weight excluding hydrogens is 257 g/mol. The first-order valence-electron chi connectivity index (χ1n) is 6.63. The van der Waals surface area contributed by atoms with Gasteiger partial charge in [-0.1, -0.05) is 6.07 Å². The Kier molecular flexibility index (Phi) is 3.18. The molecule has 0 unspecified atom stereocenters. The Hall–Kier alpha value is -2.30. The normalized spacial score (nSPS) is 17.7. The highest BCUT2D eigenvalue weighted by Crippen LogP contribution is 2.26. The zero-order valence-corrected chi connectivity index (χ0v) is 11.2. The fourth-order valence-electron chi connectivity index (χ4n) is 2.62. The Labute approximate surface area is 116 Å². The summed E-state index contributed by atoms with van der Waals surface area (Å²) in [5.74, 6) is -0.358. The van der Waals surface area contributed by atoms with Crippen molar-refractivity contribution in [1.82, 2.24) is 9.47 Å². The summed E-state index contributed by atoms with van der Waals surface area (Å²) in [7, 11) is 0. The van der Waals surface area contributed by atoms with Gasteiger partial charge in [0.05, 0.1) is 6.04 Å². The molecule has 0 saturated heterocycles. The van der Waals surface area contributed by atoms with Gasteiger partial charge in [-0.3, -0.25) is 0 Å². The van der Waals surface area contributed by atoms with Crippen LogP contribution in [0, 0.1) is 5.82 Å². The van der Waals surface area contributed by atoms with Gasteiger partial charge in [0.2, 0.25) is 0 Å². The van der Waals surface area contributed by atoms with Gasteiger partial charge in [0.25, 0.3) is 0 Å². The van der Waals surface area contributed by atoms with Crippen molar-refractivity contribution < 1.29 is 9.18 Å². The maximum Gasteiger partial charge on any atom is 0.322 e. The quantitative estimate of drug-likeness (QED) is 0.851. The molecule has 4 nitrogen and oxygen atoms in total. The van der Waals surface area contributed by atoms with E-state index in [1.807, 2.05) is 25.3 Å². The maximum absolute atomic E-state index is 13.1. The molecule has 5 heteroatoms. The third-order valence-electron chi connectivity index (χ3n) is 3.68. The van der Waals surface area contributed by atoms with Gasteiger partial charge in [-0.05, 0) is 37.3 Å². The molecule has 2 heterocycles. The summed E-state index contributed by atoms with van der Waals surface area (Å²) in [6.07, 6.45) is 2.02. The molecule has 0 radical (unpaired) electrons. The summed E-state index contributed by atoms with van der Waals surface area (Å²) in [5, 5.41) is 2.74. The number of aromatic nitrogens is 1.